The number of carbonyl (C=O) groups is 1. The van der Waals surface area contributed by atoms with E-state index in [2.05, 4.69) is 17.1 Å². The summed E-state index contributed by atoms with van der Waals surface area (Å²) in [6, 6.07) is 7.96. The molecular formula is C24H25F3N4O. The molecule has 2 aromatic rings. The number of halogens is 3. The van der Waals surface area contributed by atoms with E-state index in [1.807, 2.05) is 26.0 Å². The zero-order valence-corrected chi connectivity index (χ0v) is 18.1. The highest BCUT2D eigenvalue weighted by molar-refractivity contribution is 6.15. The SMILES string of the molecule is Cc1cc(C2=NCc3cc4c(cc32)CN([C@@H]2CN(CC(F)(F)F)C[C@H]2C)C(=O)C4)ccn1. The molecule has 168 valence electrons. The summed E-state index contributed by atoms with van der Waals surface area (Å²) in [6.45, 7) is 4.58. The topological polar surface area (TPSA) is 48.8 Å². The molecule has 1 aromatic heterocycles. The van der Waals surface area contributed by atoms with Gasteiger partial charge in [0.25, 0.3) is 0 Å². The number of pyridine rings is 1. The van der Waals surface area contributed by atoms with Crippen molar-refractivity contribution < 1.29 is 18.0 Å². The minimum absolute atomic E-state index is 0.00538. The highest BCUT2D eigenvalue weighted by atomic mass is 19.4. The number of alkyl halides is 3. The highest BCUT2D eigenvalue weighted by Crippen LogP contribution is 2.33. The predicted molar refractivity (Wildman–Crippen MR) is 114 cm³/mol. The van der Waals surface area contributed by atoms with Gasteiger partial charge in [-0.2, -0.15) is 13.2 Å². The number of nitrogens with zero attached hydrogens (tertiary/aromatic N) is 4. The highest BCUT2D eigenvalue weighted by Gasteiger charge is 2.42. The molecule has 5 nitrogen and oxygen atoms in total. The van der Waals surface area contributed by atoms with E-state index in [1.54, 1.807) is 11.1 Å². The summed E-state index contributed by atoms with van der Waals surface area (Å²) < 4.78 is 38.6. The monoisotopic (exact) mass is 442 g/mol. The Balaban J connectivity index is 1.40. The van der Waals surface area contributed by atoms with Gasteiger partial charge in [0.1, 0.15) is 0 Å². The first-order chi connectivity index (χ1) is 15.2. The maximum Gasteiger partial charge on any atom is 0.401 e. The van der Waals surface area contributed by atoms with Crippen LogP contribution in [0.25, 0.3) is 0 Å². The molecule has 1 fully saturated rings. The largest absolute Gasteiger partial charge is 0.401 e. The minimum atomic E-state index is -4.23. The van der Waals surface area contributed by atoms with Crippen LogP contribution in [0.5, 0.6) is 0 Å². The average molecular weight is 442 g/mol. The van der Waals surface area contributed by atoms with Crippen molar-refractivity contribution in [2.75, 3.05) is 19.6 Å². The van der Waals surface area contributed by atoms with Crippen LogP contribution in [0.15, 0.2) is 35.5 Å². The van der Waals surface area contributed by atoms with Crippen LogP contribution in [0.2, 0.25) is 0 Å². The first kappa shape index (κ1) is 21.1. The number of carbonyl (C=O) groups excluding carboxylic acids is 1. The number of likely N-dealkylation sites (tertiary alicyclic amines) is 1. The Morgan fingerprint density at radius 3 is 2.69 bits per heavy atom. The Bertz CT molecular complexity index is 1110. The van der Waals surface area contributed by atoms with Crippen molar-refractivity contribution in [2.24, 2.45) is 10.9 Å². The maximum absolute atomic E-state index is 13.0. The summed E-state index contributed by atoms with van der Waals surface area (Å²) in [5, 5.41) is 0. The summed E-state index contributed by atoms with van der Waals surface area (Å²) in [5.74, 6) is -0.0127. The fourth-order valence-electron chi connectivity index (χ4n) is 5.27. The van der Waals surface area contributed by atoms with E-state index in [0.29, 0.717) is 19.6 Å². The Hall–Kier alpha value is -2.74. The second kappa shape index (κ2) is 7.69. The molecular weight excluding hydrogens is 417 g/mol. The number of amides is 1. The van der Waals surface area contributed by atoms with E-state index >= 15 is 0 Å². The molecule has 0 bridgehead atoms. The summed E-state index contributed by atoms with van der Waals surface area (Å²) in [6.07, 6.45) is -2.16. The van der Waals surface area contributed by atoms with Gasteiger partial charge in [0.05, 0.1) is 25.2 Å². The van der Waals surface area contributed by atoms with Crippen molar-refractivity contribution in [3.63, 3.8) is 0 Å². The molecule has 4 heterocycles. The van der Waals surface area contributed by atoms with Crippen LogP contribution >= 0.6 is 0 Å². The second-order valence-corrected chi connectivity index (χ2v) is 9.18. The third-order valence-electron chi connectivity index (χ3n) is 6.71. The molecule has 5 rings (SSSR count). The Morgan fingerprint density at radius 2 is 1.94 bits per heavy atom. The van der Waals surface area contributed by atoms with Crippen molar-refractivity contribution in [1.29, 1.82) is 0 Å². The lowest BCUT2D eigenvalue weighted by atomic mass is 9.90. The first-order valence-electron chi connectivity index (χ1n) is 10.9. The summed E-state index contributed by atoms with van der Waals surface area (Å²) in [4.78, 5) is 25.2. The standard InChI is InChI=1S/C24H25F3N4O/c1-14-10-30(13-24(25,26)27)12-21(14)31-11-19-7-20-18(6-17(19)8-22(31)32)9-29-23(20)16-3-4-28-15(2)5-16/h3-7,14,21H,8-13H2,1-2H3/t14-,21-/m1/s1. The van der Waals surface area contributed by atoms with Gasteiger partial charge in [-0.05, 0) is 47.7 Å². The predicted octanol–water partition coefficient (Wildman–Crippen LogP) is 3.51. The minimum Gasteiger partial charge on any atom is -0.333 e. The van der Waals surface area contributed by atoms with E-state index in [0.717, 1.165) is 39.2 Å². The molecule has 8 heteroatoms. The number of aryl methyl sites for hydroxylation is 1. The molecule has 0 N–H and O–H groups in total. The summed E-state index contributed by atoms with van der Waals surface area (Å²) in [7, 11) is 0. The van der Waals surface area contributed by atoms with Crippen LogP contribution in [-0.4, -0.2) is 58.3 Å². The molecule has 3 aliphatic rings. The lowest BCUT2D eigenvalue weighted by Crippen LogP contribution is -2.47. The van der Waals surface area contributed by atoms with Crippen molar-refractivity contribution in [3.05, 3.63) is 64.0 Å². The van der Waals surface area contributed by atoms with E-state index in [-0.39, 0.29) is 30.8 Å². The molecule has 1 aromatic carbocycles. The number of hydrogen-bond donors (Lipinski definition) is 0. The van der Waals surface area contributed by atoms with Gasteiger partial charge in [0, 0.05) is 48.7 Å². The average Bonchev–Trinajstić information content (AvgIpc) is 3.27. The number of aromatic nitrogens is 1. The fourth-order valence-corrected chi connectivity index (χ4v) is 5.27. The van der Waals surface area contributed by atoms with Gasteiger partial charge < -0.3 is 4.90 Å². The lowest BCUT2D eigenvalue weighted by Gasteiger charge is -2.36. The van der Waals surface area contributed by atoms with Gasteiger partial charge in [-0.15, -0.1) is 0 Å². The third-order valence-corrected chi connectivity index (χ3v) is 6.71. The van der Waals surface area contributed by atoms with E-state index in [1.165, 1.54) is 4.90 Å². The van der Waals surface area contributed by atoms with Gasteiger partial charge in [0.2, 0.25) is 5.91 Å². The van der Waals surface area contributed by atoms with Gasteiger partial charge in [-0.25, -0.2) is 0 Å². The Kier molecular flexibility index (Phi) is 5.08. The molecule has 0 aliphatic carbocycles. The first-order valence-corrected chi connectivity index (χ1v) is 10.9. The molecule has 3 aliphatic heterocycles. The summed E-state index contributed by atoms with van der Waals surface area (Å²) in [5.41, 5.74) is 7.12. The number of fused-ring (bicyclic) bond motifs is 2. The third kappa shape index (κ3) is 3.92. The van der Waals surface area contributed by atoms with Gasteiger partial charge >= 0.3 is 6.18 Å². The molecule has 1 amide bonds. The van der Waals surface area contributed by atoms with Crippen molar-refractivity contribution >= 4 is 11.6 Å². The number of hydrogen-bond acceptors (Lipinski definition) is 4. The Morgan fingerprint density at radius 1 is 1.12 bits per heavy atom. The van der Waals surface area contributed by atoms with Gasteiger partial charge in [-0.3, -0.25) is 19.7 Å². The van der Waals surface area contributed by atoms with Crippen LogP contribution in [0.4, 0.5) is 13.2 Å². The fraction of sp³-hybridized carbons (Fsp3) is 0.458. The normalized spacial score (nSPS) is 23.3. The van der Waals surface area contributed by atoms with Crippen LogP contribution in [-0.2, 0) is 24.3 Å². The number of rotatable bonds is 3. The van der Waals surface area contributed by atoms with Crippen molar-refractivity contribution in [1.82, 2.24) is 14.8 Å². The van der Waals surface area contributed by atoms with E-state index in [9.17, 15) is 18.0 Å². The smallest absolute Gasteiger partial charge is 0.333 e. The summed E-state index contributed by atoms with van der Waals surface area (Å²) >= 11 is 0. The van der Waals surface area contributed by atoms with Crippen LogP contribution in [0.1, 0.15) is 40.4 Å². The van der Waals surface area contributed by atoms with Gasteiger partial charge in [-0.1, -0.05) is 13.0 Å². The van der Waals surface area contributed by atoms with Crippen molar-refractivity contribution in [2.45, 2.75) is 45.6 Å². The van der Waals surface area contributed by atoms with E-state index < -0.39 is 12.7 Å². The van der Waals surface area contributed by atoms with Crippen molar-refractivity contribution in [3.8, 4) is 0 Å². The number of aliphatic imine (C=N–C) groups is 1. The van der Waals surface area contributed by atoms with E-state index in [4.69, 9.17) is 4.99 Å². The molecule has 2 atom stereocenters. The van der Waals surface area contributed by atoms with Crippen LogP contribution < -0.4 is 0 Å². The quantitative estimate of drug-likeness (QED) is 0.731. The number of benzene rings is 1. The second-order valence-electron chi connectivity index (χ2n) is 9.18. The molecule has 0 saturated carbocycles. The molecule has 32 heavy (non-hydrogen) atoms. The molecule has 1 saturated heterocycles. The molecule has 0 spiro atoms. The zero-order chi connectivity index (χ0) is 22.6. The Labute approximate surface area is 185 Å². The molecule has 0 unspecified atom stereocenters. The van der Waals surface area contributed by atoms with Crippen LogP contribution in [0.3, 0.4) is 0 Å². The lowest BCUT2D eigenvalue weighted by molar-refractivity contribution is -0.144. The zero-order valence-electron chi connectivity index (χ0n) is 18.1. The molecule has 0 radical (unpaired) electrons. The maximum atomic E-state index is 13.0. The van der Waals surface area contributed by atoms with Gasteiger partial charge in [0.15, 0.2) is 0 Å². The van der Waals surface area contributed by atoms with Crippen LogP contribution in [0, 0.1) is 12.8 Å².